The number of hydrogen-bond donors (Lipinski definition) is 1. The fourth-order valence-electron chi connectivity index (χ4n) is 3.45. The summed E-state index contributed by atoms with van der Waals surface area (Å²) >= 11 is 1.58. The monoisotopic (exact) mass is 390 g/mol. The molecule has 0 atom stereocenters. The summed E-state index contributed by atoms with van der Waals surface area (Å²) in [5.74, 6) is -0.0609. The van der Waals surface area contributed by atoms with Crippen LogP contribution in [-0.2, 0) is 4.79 Å². The average Bonchev–Trinajstić information content (AvgIpc) is 3.39. The second-order valence-electron chi connectivity index (χ2n) is 6.70. The van der Waals surface area contributed by atoms with Crippen LogP contribution >= 0.6 is 11.8 Å². The van der Waals surface area contributed by atoms with Crippen LogP contribution in [0.3, 0.4) is 0 Å². The van der Waals surface area contributed by atoms with Gasteiger partial charge in [0.05, 0.1) is 36.2 Å². The highest BCUT2D eigenvalue weighted by Gasteiger charge is 2.27. The number of rotatable bonds is 4. The van der Waals surface area contributed by atoms with E-state index in [1.165, 1.54) is 0 Å². The van der Waals surface area contributed by atoms with E-state index in [-0.39, 0.29) is 5.91 Å². The first-order chi connectivity index (χ1) is 13.7. The minimum Gasteiger partial charge on any atom is -0.324 e. The fourth-order valence-corrected chi connectivity index (χ4v) is 4.40. The average molecular weight is 390 g/mol. The number of nitrogens with one attached hydrogen (secondary N) is 1. The van der Waals surface area contributed by atoms with Crippen LogP contribution in [-0.4, -0.2) is 43.8 Å². The van der Waals surface area contributed by atoms with Crippen LogP contribution in [0.1, 0.15) is 12.1 Å². The second-order valence-corrected chi connectivity index (χ2v) is 7.53. The van der Waals surface area contributed by atoms with Gasteiger partial charge >= 0.3 is 0 Å². The minimum atomic E-state index is -0.0609. The van der Waals surface area contributed by atoms with Crippen molar-refractivity contribution in [3.05, 3.63) is 59.4 Å². The molecule has 0 saturated carbocycles. The molecule has 3 aromatic rings. The Morgan fingerprint density at radius 1 is 1.29 bits per heavy atom. The maximum Gasteiger partial charge on any atom is 0.230 e. The zero-order chi connectivity index (χ0) is 19.1. The molecule has 7 nitrogen and oxygen atoms in total. The van der Waals surface area contributed by atoms with E-state index < -0.39 is 0 Å². The van der Waals surface area contributed by atoms with Crippen molar-refractivity contribution in [3.8, 4) is 5.69 Å². The van der Waals surface area contributed by atoms with Crippen molar-refractivity contribution in [2.24, 2.45) is 4.99 Å². The highest BCUT2D eigenvalue weighted by atomic mass is 32.2. The van der Waals surface area contributed by atoms with Gasteiger partial charge in [-0.25, -0.2) is 9.67 Å². The first-order valence-corrected chi connectivity index (χ1v) is 9.95. The standard InChI is InChI=1S/C20H18N6OS/c1-13-17-9-14(11-22-19(17)26(24-13)15-5-3-2-4-6-15)23-18(27)10-16-12-28-20-21-7-8-25(16)20/h2-6,9,11-12H,7-8,10H2,1H3,(H,23,27). The molecule has 2 aliphatic rings. The minimum absolute atomic E-state index is 0.0609. The van der Waals surface area contributed by atoms with Crippen molar-refractivity contribution in [3.63, 3.8) is 0 Å². The van der Waals surface area contributed by atoms with E-state index >= 15 is 0 Å². The van der Waals surface area contributed by atoms with Gasteiger partial charge in [-0.2, -0.15) is 5.10 Å². The molecule has 1 N–H and O–H groups in total. The summed E-state index contributed by atoms with van der Waals surface area (Å²) in [6.45, 7) is 3.60. The maximum absolute atomic E-state index is 12.5. The van der Waals surface area contributed by atoms with Crippen LogP contribution in [0.15, 0.2) is 58.7 Å². The Labute approximate surface area is 166 Å². The van der Waals surface area contributed by atoms with E-state index in [0.717, 1.165) is 46.4 Å². The molecule has 0 unspecified atom stereocenters. The molecular formula is C20H18N6OS. The number of nitrogens with zero attached hydrogens (tertiary/aromatic N) is 5. The first kappa shape index (κ1) is 17.0. The summed E-state index contributed by atoms with van der Waals surface area (Å²) in [7, 11) is 0. The maximum atomic E-state index is 12.5. The van der Waals surface area contributed by atoms with Gasteiger partial charge in [-0.3, -0.25) is 9.79 Å². The molecule has 4 heterocycles. The van der Waals surface area contributed by atoms with Gasteiger partial charge in [0.1, 0.15) is 0 Å². The zero-order valence-corrected chi connectivity index (χ0v) is 16.1. The Morgan fingerprint density at radius 2 is 2.14 bits per heavy atom. The largest absolute Gasteiger partial charge is 0.324 e. The Balaban J connectivity index is 1.36. The number of carbonyl (C=O) groups excluding carboxylic acids is 1. The van der Waals surface area contributed by atoms with Gasteiger partial charge in [0, 0.05) is 17.6 Å². The lowest BCUT2D eigenvalue weighted by Gasteiger charge is -2.16. The van der Waals surface area contributed by atoms with E-state index in [9.17, 15) is 4.79 Å². The number of benzene rings is 1. The first-order valence-electron chi connectivity index (χ1n) is 9.07. The third-order valence-corrected chi connectivity index (χ3v) is 5.73. The highest BCUT2D eigenvalue weighted by Crippen LogP contribution is 2.31. The van der Waals surface area contributed by atoms with Crippen molar-refractivity contribution in [2.75, 3.05) is 18.4 Å². The number of hydrogen-bond acceptors (Lipinski definition) is 6. The van der Waals surface area contributed by atoms with Crippen molar-refractivity contribution in [1.29, 1.82) is 0 Å². The Kier molecular flexibility index (Phi) is 4.12. The van der Waals surface area contributed by atoms with Crippen LogP contribution in [0.5, 0.6) is 0 Å². The number of pyridine rings is 1. The third-order valence-electron chi connectivity index (χ3n) is 4.78. The van der Waals surface area contributed by atoms with E-state index in [2.05, 4.69) is 25.3 Å². The number of aliphatic imine (C=N–C) groups is 1. The van der Waals surface area contributed by atoms with Crippen LogP contribution in [0.25, 0.3) is 16.7 Å². The summed E-state index contributed by atoms with van der Waals surface area (Å²) in [4.78, 5) is 23.6. The lowest BCUT2D eigenvalue weighted by Crippen LogP contribution is -2.24. The van der Waals surface area contributed by atoms with Crippen LogP contribution < -0.4 is 5.32 Å². The van der Waals surface area contributed by atoms with Gasteiger partial charge in [0.2, 0.25) is 5.91 Å². The third kappa shape index (κ3) is 2.95. The molecule has 8 heteroatoms. The summed E-state index contributed by atoms with van der Waals surface area (Å²) < 4.78 is 1.82. The predicted octanol–water partition coefficient (Wildman–Crippen LogP) is 3.32. The summed E-state index contributed by atoms with van der Waals surface area (Å²) in [5, 5.41) is 11.5. The molecule has 1 aromatic carbocycles. The van der Waals surface area contributed by atoms with E-state index in [0.29, 0.717) is 12.1 Å². The number of aryl methyl sites for hydroxylation is 1. The van der Waals surface area contributed by atoms with Gasteiger partial charge in [-0.1, -0.05) is 30.0 Å². The lowest BCUT2D eigenvalue weighted by molar-refractivity contribution is -0.115. The van der Waals surface area contributed by atoms with Gasteiger partial charge in [0.15, 0.2) is 10.8 Å². The number of thioether (sulfide) groups is 1. The predicted molar refractivity (Wildman–Crippen MR) is 112 cm³/mol. The molecule has 1 amide bonds. The van der Waals surface area contributed by atoms with E-state index in [4.69, 9.17) is 0 Å². The molecule has 2 aromatic heterocycles. The smallest absolute Gasteiger partial charge is 0.230 e. The van der Waals surface area contributed by atoms with Crippen molar-refractivity contribution in [1.82, 2.24) is 19.7 Å². The molecule has 5 rings (SSSR count). The highest BCUT2D eigenvalue weighted by molar-refractivity contribution is 8.16. The fraction of sp³-hybridized carbons (Fsp3) is 0.200. The van der Waals surface area contributed by atoms with E-state index in [1.54, 1.807) is 18.0 Å². The van der Waals surface area contributed by atoms with Crippen LogP contribution in [0, 0.1) is 6.92 Å². The molecule has 0 aliphatic carbocycles. The lowest BCUT2D eigenvalue weighted by atomic mass is 10.2. The van der Waals surface area contributed by atoms with Gasteiger partial charge in [0.25, 0.3) is 0 Å². The van der Waals surface area contributed by atoms with Gasteiger partial charge < -0.3 is 10.2 Å². The SMILES string of the molecule is Cc1nn(-c2ccccc2)c2ncc(NC(=O)CC3=CSC4=NCCN34)cc12. The molecule has 28 heavy (non-hydrogen) atoms. The Morgan fingerprint density at radius 3 is 3.00 bits per heavy atom. The van der Waals surface area contributed by atoms with E-state index in [1.807, 2.05) is 53.4 Å². The van der Waals surface area contributed by atoms with Gasteiger partial charge in [-0.15, -0.1) is 0 Å². The van der Waals surface area contributed by atoms with Crippen molar-refractivity contribution in [2.45, 2.75) is 13.3 Å². The van der Waals surface area contributed by atoms with Crippen molar-refractivity contribution >= 4 is 39.6 Å². The number of para-hydroxylation sites is 1. The Bertz CT molecular complexity index is 1130. The normalized spacial score (nSPS) is 15.5. The molecule has 140 valence electrons. The molecule has 0 saturated heterocycles. The molecule has 0 fully saturated rings. The van der Waals surface area contributed by atoms with Gasteiger partial charge in [-0.05, 0) is 30.5 Å². The van der Waals surface area contributed by atoms with Crippen molar-refractivity contribution < 1.29 is 4.79 Å². The Hall–Kier alpha value is -3.13. The number of carbonyl (C=O) groups is 1. The molecule has 2 aliphatic heterocycles. The summed E-state index contributed by atoms with van der Waals surface area (Å²) in [6.07, 6.45) is 2.01. The number of amidine groups is 1. The molecule has 0 spiro atoms. The zero-order valence-electron chi connectivity index (χ0n) is 15.3. The number of anilines is 1. The topological polar surface area (TPSA) is 75.4 Å². The summed E-state index contributed by atoms with van der Waals surface area (Å²) in [5.41, 5.74) is 4.28. The number of amides is 1. The number of fused-ring (bicyclic) bond motifs is 2. The van der Waals surface area contributed by atoms with Crippen LogP contribution in [0.4, 0.5) is 5.69 Å². The summed E-state index contributed by atoms with van der Waals surface area (Å²) in [6, 6.07) is 11.8. The second kappa shape index (κ2) is 6.79. The number of aromatic nitrogens is 3. The quantitative estimate of drug-likeness (QED) is 0.740. The molecule has 0 bridgehead atoms. The van der Waals surface area contributed by atoms with Crippen LogP contribution in [0.2, 0.25) is 0 Å². The molecule has 0 radical (unpaired) electrons. The molecular weight excluding hydrogens is 372 g/mol.